The molecule has 196 valence electrons. The quantitative estimate of drug-likeness (QED) is 0.233. The number of aromatic nitrogens is 1. The summed E-state index contributed by atoms with van der Waals surface area (Å²) in [4.78, 5) is 50.6. The maximum atomic E-state index is 13.1. The van der Waals surface area contributed by atoms with Gasteiger partial charge in [0.05, 0.1) is 5.56 Å². The van der Waals surface area contributed by atoms with E-state index in [9.17, 15) is 24.3 Å². The fraction of sp³-hybridized carbons (Fsp3) is 0.133. The standard InChI is InChI=1S/C30H26N4O5/c1-2-20-9-3-5-12-24(20)31-27(35)18-34-28(36)25(32-30(34)39)15-22-17-33(26-13-6-4-11-23(22)26)16-19-8-7-10-21(14-19)29(37)38/h3-15,17H,2,16,18H2,1H3,(H,31,35)(H,32,39)(H,37,38)/b25-15+. The highest BCUT2D eigenvalue weighted by molar-refractivity contribution is 6.16. The number of aryl methyl sites for hydroxylation is 1. The number of amides is 4. The number of carboxylic acids is 1. The molecule has 4 aromatic rings. The molecule has 0 bridgehead atoms. The third-order valence-electron chi connectivity index (χ3n) is 6.58. The van der Waals surface area contributed by atoms with Gasteiger partial charge in [0.25, 0.3) is 5.91 Å². The number of nitrogens with one attached hydrogen (secondary N) is 2. The Morgan fingerprint density at radius 1 is 1.00 bits per heavy atom. The average Bonchev–Trinajstić information content (AvgIpc) is 3.40. The summed E-state index contributed by atoms with van der Waals surface area (Å²) in [6.07, 6.45) is 4.17. The van der Waals surface area contributed by atoms with Crippen LogP contribution < -0.4 is 10.6 Å². The fourth-order valence-corrected chi connectivity index (χ4v) is 4.68. The van der Waals surface area contributed by atoms with Gasteiger partial charge in [-0.15, -0.1) is 0 Å². The number of para-hydroxylation sites is 2. The molecule has 0 spiro atoms. The van der Waals surface area contributed by atoms with Gasteiger partial charge in [-0.05, 0) is 47.9 Å². The van der Waals surface area contributed by atoms with Crippen LogP contribution in [0.3, 0.4) is 0 Å². The molecule has 0 unspecified atom stereocenters. The second-order valence-electron chi connectivity index (χ2n) is 9.17. The number of carbonyl (C=O) groups excluding carboxylic acids is 3. The van der Waals surface area contributed by atoms with Crippen LogP contribution in [0.1, 0.15) is 34.0 Å². The van der Waals surface area contributed by atoms with E-state index in [1.807, 2.05) is 66.2 Å². The van der Waals surface area contributed by atoms with Crippen LogP contribution in [0, 0.1) is 0 Å². The van der Waals surface area contributed by atoms with Gasteiger partial charge in [0.1, 0.15) is 12.2 Å². The van der Waals surface area contributed by atoms with Crippen molar-refractivity contribution in [3.05, 3.63) is 107 Å². The predicted octanol–water partition coefficient (Wildman–Crippen LogP) is 4.48. The van der Waals surface area contributed by atoms with Gasteiger partial charge in [0.15, 0.2) is 0 Å². The van der Waals surface area contributed by atoms with E-state index in [0.717, 1.165) is 33.4 Å². The van der Waals surface area contributed by atoms with E-state index in [2.05, 4.69) is 10.6 Å². The molecule has 9 heteroatoms. The molecule has 39 heavy (non-hydrogen) atoms. The van der Waals surface area contributed by atoms with Crippen molar-refractivity contribution in [2.45, 2.75) is 19.9 Å². The van der Waals surface area contributed by atoms with Gasteiger partial charge in [0, 0.05) is 34.9 Å². The van der Waals surface area contributed by atoms with Crippen molar-refractivity contribution in [1.29, 1.82) is 0 Å². The first-order valence-electron chi connectivity index (χ1n) is 12.5. The highest BCUT2D eigenvalue weighted by Crippen LogP contribution is 2.26. The Bertz CT molecular complexity index is 1650. The van der Waals surface area contributed by atoms with Gasteiger partial charge in [0.2, 0.25) is 5.91 Å². The van der Waals surface area contributed by atoms with Gasteiger partial charge in [-0.1, -0.05) is 55.5 Å². The van der Waals surface area contributed by atoms with Crippen molar-refractivity contribution in [2.24, 2.45) is 0 Å². The number of imide groups is 1. The molecule has 1 fully saturated rings. The Kier molecular flexibility index (Phi) is 6.96. The lowest BCUT2D eigenvalue weighted by Crippen LogP contribution is -2.38. The molecule has 5 rings (SSSR count). The largest absolute Gasteiger partial charge is 0.478 e. The van der Waals surface area contributed by atoms with Crippen molar-refractivity contribution >= 4 is 46.5 Å². The van der Waals surface area contributed by atoms with Crippen LogP contribution in [0.25, 0.3) is 17.0 Å². The van der Waals surface area contributed by atoms with Crippen molar-refractivity contribution in [2.75, 3.05) is 11.9 Å². The first-order valence-corrected chi connectivity index (χ1v) is 12.5. The second kappa shape index (κ2) is 10.7. The summed E-state index contributed by atoms with van der Waals surface area (Å²) in [5, 5.41) is 15.5. The van der Waals surface area contributed by atoms with E-state index in [0.29, 0.717) is 17.8 Å². The minimum absolute atomic E-state index is 0.0672. The average molecular weight is 523 g/mol. The number of rotatable bonds is 8. The summed E-state index contributed by atoms with van der Waals surface area (Å²) in [6.45, 7) is 1.97. The Morgan fingerprint density at radius 3 is 2.56 bits per heavy atom. The maximum Gasteiger partial charge on any atom is 0.335 e. The zero-order chi connectivity index (χ0) is 27.5. The smallest absolute Gasteiger partial charge is 0.335 e. The monoisotopic (exact) mass is 522 g/mol. The van der Waals surface area contributed by atoms with Gasteiger partial charge < -0.3 is 20.3 Å². The lowest BCUT2D eigenvalue weighted by atomic mass is 10.1. The molecule has 0 atom stereocenters. The molecule has 2 heterocycles. The number of nitrogens with zero attached hydrogens (tertiary/aromatic N) is 2. The van der Waals surface area contributed by atoms with Crippen molar-refractivity contribution in [1.82, 2.24) is 14.8 Å². The summed E-state index contributed by atoms with van der Waals surface area (Å²) < 4.78 is 1.96. The Hall–Kier alpha value is -5.18. The van der Waals surface area contributed by atoms with E-state index < -0.39 is 30.4 Å². The van der Waals surface area contributed by atoms with E-state index in [1.54, 1.807) is 30.3 Å². The van der Waals surface area contributed by atoms with Gasteiger partial charge in [-0.25, -0.2) is 14.5 Å². The number of benzene rings is 3. The molecule has 9 nitrogen and oxygen atoms in total. The normalized spacial score (nSPS) is 14.2. The Balaban J connectivity index is 1.38. The number of hydrogen-bond acceptors (Lipinski definition) is 4. The summed E-state index contributed by atoms with van der Waals surface area (Å²) in [5.41, 5.74) is 4.26. The molecule has 4 amide bonds. The van der Waals surface area contributed by atoms with Crippen molar-refractivity contribution in [3.63, 3.8) is 0 Å². The zero-order valence-electron chi connectivity index (χ0n) is 21.2. The lowest BCUT2D eigenvalue weighted by molar-refractivity contribution is -0.127. The third kappa shape index (κ3) is 5.28. The third-order valence-corrected chi connectivity index (χ3v) is 6.58. The highest BCUT2D eigenvalue weighted by Gasteiger charge is 2.35. The Labute approximate surface area is 224 Å². The first kappa shape index (κ1) is 25.5. The molecular weight excluding hydrogens is 496 g/mol. The minimum Gasteiger partial charge on any atom is -0.478 e. The molecule has 1 aliphatic heterocycles. The fourth-order valence-electron chi connectivity index (χ4n) is 4.68. The second-order valence-corrected chi connectivity index (χ2v) is 9.17. The van der Waals surface area contributed by atoms with Crippen LogP contribution in [0.2, 0.25) is 0 Å². The topological polar surface area (TPSA) is 121 Å². The van der Waals surface area contributed by atoms with Crippen LogP contribution in [0.15, 0.2) is 84.7 Å². The molecule has 0 aliphatic carbocycles. The molecule has 1 aromatic heterocycles. The molecule has 1 saturated heterocycles. The van der Waals surface area contributed by atoms with E-state index in [-0.39, 0.29) is 11.3 Å². The zero-order valence-corrected chi connectivity index (χ0v) is 21.2. The molecule has 3 aromatic carbocycles. The van der Waals surface area contributed by atoms with Crippen LogP contribution in [0.5, 0.6) is 0 Å². The van der Waals surface area contributed by atoms with E-state index in [4.69, 9.17) is 0 Å². The van der Waals surface area contributed by atoms with Crippen LogP contribution >= 0.6 is 0 Å². The summed E-state index contributed by atoms with van der Waals surface area (Å²) in [5.74, 6) is -2.06. The Morgan fingerprint density at radius 2 is 1.77 bits per heavy atom. The SMILES string of the molecule is CCc1ccccc1NC(=O)CN1C(=O)N/C(=C/c2cn(Cc3cccc(C(=O)O)c3)c3ccccc23)C1=O. The van der Waals surface area contributed by atoms with E-state index in [1.165, 1.54) is 0 Å². The molecule has 1 aliphatic rings. The summed E-state index contributed by atoms with van der Waals surface area (Å²) in [6, 6.07) is 21.0. The number of hydrogen-bond donors (Lipinski definition) is 3. The number of fused-ring (bicyclic) bond motifs is 1. The van der Waals surface area contributed by atoms with Gasteiger partial charge >= 0.3 is 12.0 Å². The number of anilines is 1. The highest BCUT2D eigenvalue weighted by atomic mass is 16.4. The van der Waals surface area contributed by atoms with Crippen LogP contribution in [0.4, 0.5) is 10.5 Å². The molecule has 3 N–H and O–H groups in total. The van der Waals surface area contributed by atoms with Gasteiger partial charge in [-0.3, -0.25) is 9.59 Å². The number of carboxylic acid groups (broad SMARTS) is 1. The number of carbonyl (C=O) groups is 4. The lowest BCUT2D eigenvalue weighted by Gasteiger charge is -2.13. The van der Waals surface area contributed by atoms with Crippen molar-refractivity contribution < 1.29 is 24.3 Å². The molecule has 0 saturated carbocycles. The maximum absolute atomic E-state index is 13.1. The molecule has 0 radical (unpaired) electrons. The van der Waals surface area contributed by atoms with Crippen LogP contribution in [-0.4, -0.2) is 44.9 Å². The van der Waals surface area contributed by atoms with Crippen molar-refractivity contribution in [3.8, 4) is 0 Å². The van der Waals surface area contributed by atoms with E-state index >= 15 is 0 Å². The van der Waals surface area contributed by atoms with Crippen LogP contribution in [-0.2, 0) is 22.6 Å². The predicted molar refractivity (Wildman–Crippen MR) is 147 cm³/mol. The van der Waals surface area contributed by atoms with Gasteiger partial charge in [-0.2, -0.15) is 0 Å². The summed E-state index contributed by atoms with van der Waals surface area (Å²) in [7, 11) is 0. The first-order chi connectivity index (χ1) is 18.8. The molecular formula is C30H26N4O5. The minimum atomic E-state index is -0.997. The number of urea groups is 1. The number of aromatic carboxylic acids is 1. The summed E-state index contributed by atoms with van der Waals surface area (Å²) >= 11 is 0.